The van der Waals surface area contributed by atoms with Crippen LogP contribution in [0.15, 0.2) is 66.7 Å². The van der Waals surface area contributed by atoms with E-state index in [0.29, 0.717) is 6.42 Å². The Kier molecular flexibility index (Phi) is 7.10. The summed E-state index contributed by atoms with van der Waals surface area (Å²) in [4.78, 5) is 36.8. The number of halogens is 1. The van der Waals surface area contributed by atoms with Crippen molar-refractivity contribution < 1.29 is 28.6 Å². The second kappa shape index (κ2) is 10.4. The lowest BCUT2D eigenvalue weighted by molar-refractivity contribution is -0.118. The van der Waals surface area contributed by atoms with E-state index in [1.807, 2.05) is 55.5 Å². The molecule has 0 aliphatic heterocycles. The zero-order chi connectivity index (χ0) is 24.9. The maximum Gasteiger partial charge on any atom is 0.407 e. The lowest BCUT2D eigenvalue weighted by Gasteiger charge is -2.20. The van der Waals surface area contributed by atoms with Gasteiger partial charge in [-0.25, -0.2) is 14.0 Å². The Balaban J connectivity index is 1.43. The van der Waals surface area contributed by atoms with Crippen molar-refractivity contribution in [1.29, 1.82) is 0 Å². The van der Waals surface area contributed by atoms with E-state index >= 15 is 0 Å². The summed E-state index contributed by atoms with van der Waals surface area (Å²) < 4.78 is 19.5. The van der Waals surface area contributed by atoms with Gasteiger partial charge in [0.2, 0.25) is 5.91 Å². The van der Waals surface area contributed by atoms with Crippen molar-refractivity contribution in [2.24, 2.45) is 0 Å². The van der Waals surface area contributed by atoms with Crippen molar-refractivity contribution in [2.75, 3.05) is 11.9 Å². The van der Waals surface area contributed by atoms with Crippen LogP contribution in [-0.2, 0) is 9.53 Å². The van der Waals surface area contributed by atoms with Crippen LogP contribution in [0.25, 0.3) is 11.1 Å². The highest BCUT2D eigenvalue weighted by atomic mass is 19.1. The zero-order valence-corrected chi connectivity index (χ0v) is 19.1. The summed E-state index contributed by atoms with van der Waals surface area (Å²) in [6, 6.07) is 18.5. The fraction of sp³-hybridized carbons (Fsp3) is 0.222. The Morgan fingerprint density at radius 3 is 2.20 bits per heavy atom. The second-order valence-electron chi connectivity index (χ2n) is 8.27. The van der Waals surface area contributed by atoms with E-state index in [1.165, 1.54) is 12.1 Å². The van der Waals surface area contributed by atoms with E-state index in [1.54, 1.807) is 0 Å². The number of nitrogens with one attached hydrogen (secondary N) is 2. The Labute approximate surface area is 201 Å². The van der Waals surface area contributed by atoms with E-state index in [2.05, 4.69) is 10.6 Å². The number of hydrogen-bond acceptors (Lipinski definition) is 4. The van der Waals surface area contributed by atoms with Crippen LogP contribution in [-0.4, -0.2) is 35.7 Å². The largest absolute Gasteiger partial charge is 0.478 e. The fourth-order valence-corrected chi connectivity index (χ4v) is 4.41. The molecule has 1 atom stereocenters. The number of carboxylic acids is 1. The maximum atomic E-state index is 13.9. The molecule has 3 aromatic rings. The van der Waals surface area contributed by atoms with Crippen LogP contribution in [0.1, 0.15) is 47.2 Å². The molecule has 3 N–H and O–H groups in total. The van der Waals surface area contributed by atoms with Gasteiger partial charge in [-0.3, -0.25) is 4.79 Å². The monoisotopic (exact) mass is 476 g/mol. The Bertz CT molecular complexity index is 1230. The SMILES string of the molecule is CCCC(NC(=O)OCC1c2ccccc2-c2ccccc21)C(=O)Nc1cccc(F)c1C(=O)O. The van der Waals surface area contributed by atoms with Crippen LogP contribution in [0.2, 0.25) is 0 Å². The molecule has 3 aromatic carbocycles. The molecule has 0 saturated heterocycles. The van der Waals surface area contributed by atoms with Gasteiger partial charge in [0.1, 0.15) is 24.0 Å². The minimum absolute atomic E-state index is 0.0907. The summed E-state index contributed by atoms with van der Waals surface area (Å²) in [5, 5.41) is 14.3. The maximum absolute atomic E-state index is 13.9. The molecule has 180 valence electrons. The third-order valence-electron chi connectivity index (χ3n) is 6.01. The molecule has 4 rings (SSSR count). The molecule has 1 unspecified atom stereocenters. The normalized spacial score (nSPS) is 12.9. The molecule has 0 bridgehead atoms. The van der Waals surface area contributed by atoms with E-state index < -0.39 is 35.4 Å². The Morgan fingerprint density at radius 1 is 0.971 bits per heavy atom. The first-order valence-corrected chi connectivity index (χ1v) is 11.3. The third-order valence-corrected chi connectivity index (χ3v) is 6.01. The minimum Gasteiger partial charge on any atom is -0.478 e. The molecule has 0 aromatic heterocycles. The molecule has 0 spiro atoms. The quantitative estimate of drug-likeness (QED) is 0.416. The number of fused-ring (bicyclic) bond motifs is 3. The summed E-state index contributed by atoms with van der Waals surface area (Å²) in [5.74, 6) is -3.26. The van der Waals surface area contributed by atoms with Crippen molar-refractivity contribution in [1.82, 2.24) is 5.32 Å². The van der Waals surface area contributed by atoms with Crippen molar-refractivity contribution in [3.63, 3.8) is 0 Å². The van der Waals surface area contributed by atoms with E-state index in [9.17, 15) is 23.9 Å². The molecule has 2 amide bonds. The molecular formula is C27H25FN2O5. The average molecular weight is 477 g/mol. The van der Waals surface area contributed by atoms with E-state index in [-0.39, 0.29) is 24.6 Å². The van der Waals surface area contributed by atoms with Crippen LogP contribution in [0.5, 0.6) is 0 Å². The number of ether oxygens (including phenoxy) is 1. The highest BCUT2D eigenvalue weighted by molar-refractivity contribution is 6.03. The number of amides is 2. The summed E-state index contributed by atoms with van der Waals surface area (Å²) in [5.41, 5.74) is 3.51. The molecule has 1 aliphatic rings. The van der Waals surface area contributed by atoms with Gasteiger partial charge in [-0.1, -0.05) is 67.9 Å². The fourth-order valence-electron chi connectivity index (χ4n) is 4.41. The van der Waals surface area contributed by atoms with Crippen LogP contribution in [0.3, 0.4) is 0 Å². The number of carbonyl (C=O) groups is 3. The molecule has 0 heterocycles. The lowest BCUT2D eigenvalue weighted by atomic mass is 9.98. The summed E-state index contributed by atoms with van der Waals surface area (Å²) in [7, 11) is 0. The highest BCUT2D eigenvalue weighted by Gasteiger charge is 2.30. The first kappa shape index (κ1) is 23.9. The topological polar surface area (TPSA) is 105 Å². The number of benzene rings is 3. The summed E-state index contributed by atoms with van der Waals surface area (Å²) >= 11 is 0. The number of alkyl carbamates (subject to hydrolysis) is 1. The minimum atomic E-state index is -1.50. The van der Waals surface area contributed by atoms with Gasteiger partial charge in [0.15, 0.2) is 0 Å². The number of carboxylic acid groups (broad SMARTS) is 1. The first-order chi connectivity index (χ1) is 16.9. The van der Waals surface area contributed by atoms with Crippen LogP contribution in [0.4, 0.5) is 14.9 Å². The standard InChI is InChI=1S/C27H25FN2O5/c1-2-8-23(25(31)29-22-14-7-13-21(28)24(22)26(32)33)30-27(34)35-15-20-18-11-5-3-9-16(18)17-10-4-6-12-19(17)20/h3-7,9-14,20,23H,2,8,15H2,1H3,(H,29,31)(H,30,34)(H,32,33). The molecule has 0 fully saturated rings. The molecule has 35 heavy (non-hydrogen) atoms. The highest BCUT2D eigenvalue weighted by Crippen LogP contribution is 2.44. The van der Waals surface area contributed by atoms with E-state index in [4.69, 9.17) is 4.74 Å². The number of aromatic carboxylic acids is 1. The van der Waals surface area contributed by atoms with Crippen LogP contribution in [0, 0.1) is 5.82 Å². The number of rotatable bonds is 8. The van der Waals surface area contributed by atoms with Crippen molar-refractivity contribution in [2.45, 2.75) is 31.7 Å². The Morgan fingerprint density at radius 2 is 1.60 bits per heavy atom. The van der Waals surface area contributed by atoms with Gasteiger partial charge in [0.05, 0.1) is 5.69 Å². The third kappa shape index (κ3) is 5.01. The number of hydrogen-bond donors (Lipinski definition) is 3. The molecular weight excluding hydrogens is 451 g/mol. The van der Waals surface area contributed by atoms with Crippen molar-refractivity contribution in [3.05, 3.63) is 89.2 Å². The van der Waals surface area contributed by atoms with Crippen LogP contribution < -0.4 is 10.6 Å². The van der Waals surface area contributed by atoms with Gasteiger partial charge >= 0.3 is 12.1 Å². The second-order valence-corrected chi connectivity index (χ2v) is 8.27. The summed E-state index contributed by atoms with van der Waals surface area (Å²) in [6.07, 6.45) is 0.0860. The van der Waals surface area contributed by atoms with Gasteiger partial charge in [0.25, 0.3) is 0 Å². The molecule has 0 saturated carbocycles. The lowest BCUT2D eigenvalue weighted by Crippen LogP contribution is -2.44. The van der Waals surface area contributed by atoms with Crippen molar-refractivity contribution in [3.8, 4) is 11.1 Å². The van der Waals surface area contributed by atoms with Gasteiger partial charge < -0.3 is 20.5 Å². The van der Waals surface area contributed by atoms with Gasteiger partial charge in [0, 0.05) is 5.92 Å². The predicted octanol–water partition coefficient (Wildman–Crippen LogP) is 5.17. The van der Waals surface area contributed by atoms with E-state index in [0.717, 1.165) is 28.3 Å². The number of anilines is 1. The first-order valence-electron chi connectivity index (χ1n) is 11.3. The van der Waals surface area contributed by atoms with Gasteiger partial charge in [-0.15, -0.1) is 0 Å². The van der Waals surface area contributed by atoms with Crippen molar-refractivity contribution >= 4 is 23.7 Å². The predicted molar refractivity (Wildman–Crippen MR) is 129 cm³/mol. The summed E-state index contributed by atoms with van der Waals surface area (Å²) in [6.45, 7) is 1.93. The van der Waals surface area contributed by atoms with Gasteiger partial charge in [-0.05, 0) is 40.8 Å². The Hall–Kier alpha value is -4.20. The molecule has 7 nitrogen and oxygen atoms in total. The molecule has 8 heteroatoms. The average Bonchev–Trinajstić information content (AvgIpc) is 3.16. The zero-order valence-electron chi connectivity index (χ0n) is 19.1. The molecule has 0 radical (unpaired) electrons. The van der Waals surface area contributed by atoms with Crippen LogP contribution >= 0.6 is 0 Å². The smallest absolute Gasteiger partial charge is 0.407 e. The number of carbonyl (C=O) groups excluding carboxylic acids is 2. The van der Waals surface area contributed by atoms with Gasteiger partial charge in [-0.2, -0.15) is 0 Å². The molecule has 1 aliphatic carbocycles.